The van der Waals surface area contributed by atoms with Crippen LogP contribution in [0.25, 0.3) is 0 Å². The third-order valence-corrected chi connectivity index (χ3v) is 14.7. The Balaban J connectivity index is 0.000000164. The molecule has 9 rings (SSSR count). The van der Waals surface area contributed by atoms with Gasteiger partial charge in [0.25, 0.3) is 17.7 Å². The lowest BCUT2D eigenvalue weighted by Gasteiger charge is -2.59. The van der Waals surface area contributed by atoms with E-state index < -0.39 is 124 Å². The van der Waals surface area contributed by atoms with Gasteiger partial charge in [0.15, 0.2) is 16.8 Å². The van der Waals surface area contributed by atoms with Crippen molar-refractivity contribution in [3.05, 3.63) is 89.5 Å². The summed E-state index contributed by atoms with van der Waals surface area (Å²) in [5, 5.41) is 8.40. The molecule has 21 nitrogen and oxygen atoms in total. The summed E-state index contributed by atoms with van der Waals surface area (Å²) in [5.74, 6) is -12.6. The van der Waals surface area contributed by atoms with Crippen LogP contribution >= 0.6 is 0 Å². The number of nitrogens with one attached hydrogen (secondary N) is 3. The number of fused-ring (bicyclic) bond motifs is 9. The second kappa shape index (κ2) is 21.5. The van der Waals surface area contributed by atoms with Gasteiger partial charge < -0.3 is 58.6 Å². The van der Waals surface area contributed by atoms with Gasteiger partial charge in [-0.25, -0.2) is 0 Å². The molecule has 0 saturated heterocycles. The molecule has 402 valence electrons. The zero-order valence-electron chi connectivity index (χ0n) is 43.7. The minimum absolute atomic E-state index is 0.329. The molecule has 3 heterocycles. The number of hydrogen-bond donors (Lipinski definition) is 3. The molecule has 3 fully saturated rings. The summed E-state index contributed by atoms with van der Waals surface area (Å²) in [7, 11) is 7.45. The first kappa shape index (κ1) is 55.5. The van der Waals surface area contributed by atoms with Crippen molar-refractivity contribution in [1.82, 2.24) is 0 Å². The first-order valence-corrected chi connectivity index (χ1v) is 24.4. The number of ether oxygens (including phenoxy) is 9. The van der Waals surface area contributed by atoms with Crippen LogP contribution in [-0.4, -0.2) is 131 Å². The number of para-hydroxylation sites is 3. The highest BCUT2D eigenvalue weighted by atomic mass is 16.6. The molecule has 3 aromatic rings. The lowest BCUT2D eigenvalue weighted by Crippen LogP contribution is -2.74. The summed E-state index contributed by atoms with van der Waals surface area (Å²) in [6.45, 7) is 10.7. The van der Waals surface area contributed by atoms with Crippen LogP contribution in [0.5, 0.6) is 0 Å². The van der Waals surface area contributed by atoms with Crippen molar-refractivity contribution in [1.29, 1.82) is 0 Å². The monoisotopic (exact) mass is 1040 g/mol. The fraction of sp³-hybridized carbons (Fsp3) is 0.500. The van der Waals surface area contributed by atoms with Crippen molar-refractivity contribution < 1.29 is 85.8 Å². The van der Waals surface area contributed by atoms with Crippen LogP contribution in [0.15, 0.2) is 72.8 Å². The van der Waals surface area contributed by atoms with Gasteiger partial charge in [-0.05, 0) is 76.4 Å². The summed E-state index contributed by atoms with van der Waals surface area (Å²) in [6.07, 6.45) is -0.988. The second-order valence-corrected chi connectivity index (χ2v) is 19.6. The van der Waals surface area contributed by atoms with Gasteiger partial charge in [0.1, 0.15) is 17.8 Å². The van der Waals surface area contributed by atoms with Gasteiger partial charge in [0.05, 0.1) is 78.7 Å². The third-order valence-electron chi connectivity index (χ3n) is 14.7. The molecule has 3 N–H and O–H groups in total. The van der Waals surface area contributed by atoms with Gasteiger partial charge in [0.2, 0.25) is 0 Å². The summed E-state index contributed by atoms with van der Waals surface area (Å²) in [5.41, 5.74) is -0.403. The largest absolute Gasteiger partial charge is 0.469 e. The van der Waals surface area contributed by atoms with E-state index in [9.17, 15) is 43.2 Å². The zero-order valence-corrected chi connectivity index (χ0v) is 43.7. The van der Waals surface area contributed by atoms with Gasteiger partial charge in [0, 0.05) is 34.8 Å². The number of carbonyl (C=O) groups excluding carboxylic acids is 9. The fourth-order valence-electron chi connectivity index (χ4n) is 12.2. The van der Waals surface area contributed by atoms with Gasteiger partial charge >= 0.3 is 35.8 Å². The maximum Gasteiger partial charge on any atom is 0.313 e. The van der Waals surface area contributed by atoms with Crippen molar-refractivity contribution in [3.63, 3.8) is 0 Å². The standard InChI is InChI=1S/3C18H21NO6/c3*1-9(2)25-18-13(10-7-5-6-8-11(10)19-17(18)22)12(15(20)23-3)14(18)16(21)24-4/h3*5-9,12-14H,1-4H3,(H,19,22)/t3*12-,13+,14-,18-/m111/s1. The van der Waals surface area contributed by atoms with Crippen molar-refractivity contribution in [2.24, 2.45) is 35.5 Å². The zero-order chi connectivity index (χ0) is 55.1. The Hall–Kier alpha value is -7.23. The number of amides is 3. The molecule has 21 heteroatoms. The van der Waals surface area contributed by atoms with Crippen molar-refractivity contribution in [3.8, 4) is 0 Å². The van der Waals surface area contributed by atoms with E-state index in [0.717, 1.165) is 16.7 Å². The van der Waals surface area contributed by atoms with E-state index in [0.29, 0.717) is 17.1 Å². The number of esters is 6. The van der Waals surface area contributed by atoms with Crippen LogP contribution in [0.4, 0.5) is 17.1 Å². The molecule has 3 aliphatic carbocycles. The topological polar surface area (TPSA) is 273 Å². The van der Waals surface area contributed by atoms with Crippen LogP contribution in [0.3, 0.4) is 0 Å². The van der Waals surface area contributed by atoms with Gasteiger partial charge in [-0.15, -0.1) is 0 Å². The number of anilines is 3. The van der Waals surface area contributed by atoms with Crippen molar-refractivity contribution in [2.45, 2.75) is 94.4 Å². The SMILES string of the molecule is COC(=O)[C@H]1[C@H](C(=O)OC)[C@@]2(OC(C)C)C(=O)Nc3ccccc3[C@@H]12.COC(=O)[C@H]1[C@H](C(=O)OC)[C@@]2(OC(C)C)C(=O)Nc3ccccc3[C@@H]12.COC(=O)[C@H]1[C@H](C(=O)OC)[C@@]2(OC(C)C)C(=O)Nc3ccccc3[C@@H]12. The predicted octanol–water partition coefficient (Wildman–Crippen LogP) is 4.43. The van der Waals surface area contributed by atoms with Crippen molar-refractivity contribution >= 4 is 70.6 Å². The molecule has 3 aliphatic heterocycles. The molecule has 0 aromatic heterocycles. The highest BCUT2D eigenvalue weighted by molar-refractivity contribution is 6.11. The van der Waals surface area contributed by atoms with Crippen molar-refractivity contribution in [2.75, 3.05) is 58.6 Å². The van der Waals surface area contributed by atoms with E-state index in [1.807, 2.05) is 36.4 Å². The minimum atomic E-state index is -1.49. The predicted molar refractivity (Wildman–Crippen MR) is 263 cm³/mol. The number of hydrogen-bond acceptors (Lipinski definition) is 18. The van der Waals surface area contributed by atoms with Crippen LogP contribution < -0.4 is 16.0 Å². The van der Waals surface area contributed by atoms with Crippen LogP contribution in [0.1, 0.15) is 76.0 Å². The minimum Gasteiger partial charge on any atom is -0.469 e. The molecular formula is C54H63N3O18. The number of benzene rings is 3. The Bertz CT molecular complexity index is 2480. The van der Waals surface area contributed by atoms with E-state index in [-0.39, 0.29) is 18.3 Å². The molecule has 3 amide bonds. The molecule has 0 unspecified atom stereocenters. The molecule has 3 saturated carbocycles. The first-order chi connectivity index (χ1) is 35.6. The first-order valence-electron chi connectivity index (χ1n) is 24.4. The summed E-state index contributed by atoms with van der Waals surface area (Å²) in [6, 6.07) is 21.6. The van der Waals surface area contributed by atoms with E-state index in [1.165, 1.54) is 42.7 Å². The molecule has 6 aliphatic rings. The molecule has 3 aromatic carbocycles. The molecule has 0 spiro atoms. The highest BCUT2D eigenvalue weighted by Crippen LogP contribution is 2.65. The summed E-state index contributed by atoms with van der Waals surface area (Å²) in [4.78, 5) is 113. The molecule has 12 atom stereocenters. The molecule has 0 radical (unpaired) electrons. The van der Waals surface area contributed by atoms with E-state index in [4.69, 9.17) is 42.6 Å². The Morgan fingerprint density at radius 2 is 0.587 bits per heavy atom. The average Bonchev–Trinajstić information content (AvgIpc) is 3.37. The Kier molecular flexibility index (Phi) is 16.0. The smallest absolute Gasteiger partial charge is 0.313 e. The third kappa shape index (κ3) is 8.76. The van der Waals surface area contributed by atoms with E-state index >= 15 is 0 Å². The lowest BCUT2D eigenvalue weighted by molar-refractivity contribution is -0.228. The van der Waals surface area contributed by atoms with Gasteiger partial charge in [-0.2, -0.15) is 0 Å². The van der Waals surface area contributed by atoms with Gasteiger partial charge in [-0.1, -0.05) is 54.6 Å². The quantitative estimate of drug-likeness (QED) is 0.167. The summed E-state index contributed by atoms with van der Waals surface area (Å²) >= 11 is 0. The number of carbonyl (C=O) groups is 9. The van der Waals surface area contributed by atoms with Crippen LogP contribution in [-0.2, 0) is 85.8 Å². The van der Waals surface area contributed by atoms with E-state index in [1.54, 1.807) is 77.9 Å². The number of methoxy groups -OCH3 is 6. The van der Waals surface area contributed by atoms with Gasteiger partial charge in [-0.3, -0.25) is 43.2 Å². The van der Waals surface area contributed by atoms with Crippen LogP contribution in [0, 0.1) is 35.5 Å². The Morgan fingerprint density at radius 1 is 0.373 bits per heavy atom. The molecule has 0 bridgehead atoms. The number of rotatable bonds is 12. The Labute approximate surface area is 433 Å². The maximum absolute atomic E-state index is 13.0. The second-order valence-electron chi connectivity index (χ2n) is 19.6. The lowest BCUT2D eigenvalue weighted by atomic mass is 9.49. The maximum atomic E-state index is 13.0. The molecule has 75 heavy (non-hydrogen) atoms. The highest BCUT2D eigenvalue weighted by Gasteiger charge is 2.78. The summed E-state index contributed by atoms with van der Waals surface area (Å²) < 4.78 is 47.2. The fourth-order valence-corrected chi connectivity index (χ4v) is 12.2. The molecular weight excluding hydrogens is 979 g/mol. The normalized spacial score (nSPS) is 29.8. The van der Waals surface area contributed by atoms with Crippen LogP contribution in [0.2, 0.25) is 0 Å². The van der Waals surface area contributed by atoms with E-state index in [2.05, 4.69) is 16.0 Å². The average molecular weight is 1040 g/mol. The Morgan fingerprint density at radius 3 is 0.787 bits per heavy atom.